The maximum absolute atomic E-state index is 2.53. The third-order valence-corrected chi connectivity index (χ3v) is 10.9. The molecule has 1 unspecified atom stereocenters. The van der Waals surface area contributed by atoms with Gasteiger partial charge in [-0.15, -0.1) is 0 Å². The standard InChI is InChI=1S/C52H44N2/c1-4-12-39(13-5-1)42-20-29-48(30-21-42)53(49-31-22-43(23-32-49)40-14-6-2-7-15-40)50-33-24-44(25-34-50)45-26-35-51(36-27-45)54(47-18-8-3-9-19-47)52-37-28-41-16-10-11-17-46(41)38-52/h1-2,4-8,10-24,26-33,35-36,38,52H,3,9,25,34,37H2. The van der Waals surface area contributed by atoms with Crippen molar-refractivity contribution >= 4 is 34.8 Å². The van der Waals surface area contributed by atoms with Crippen molar-refractivity contribution in [2.24, 2.45) is 0 Å². The Hall–Kier alpha value is -6.38. The van der Waals surface area contributed by atoms with E-state index in [2.05, 4.69) is 210 Å². The van der Waals surface area contributed by atoms with E-state index in [1.54, 1.807) is 0 Å². The van der Waals surface area contributed by atoms with E-state index in [4.69, 9.17) is 0 Å². The molecule has 0 fully saturated rings. The first-order valence-electron chi connectivity index (χ1n) is 19.3. The van der Waals surface area contributed by atoms with Crippen LogP contribution in [0.5, 0.6) is 0 Å². The number of benzene rings is 6. The Morgan fingerprint density at radius 3 is 1.57 bits per heavy atom. The Morgan fingerprint density at radius 2 is 1.00 bits per heavy atom. The molecule has 6 aromatic carbocycles. The van der Waals surface area contributed by atoms with Crippen LogP contribution in [0, 0.1) is 0 Å². The van der Waals surface area contributed by atoms with Gasteiger partial charge in [0.2, 0.25) is 0 Å². The van der Waals surface area contributed by atoms with Crippen molar-refractivity contribution in [3.63, 3.8) is 0 Å². The largest absolute Gasteiger partial charge is 0.334 e. The fourth-order valence-electron chi connectivity index (χ4n) is 8.10. The smallest absolute Gasteiger partial charge is 0.0565 e. The summed E-state index contributed by atoms with van der Waals surface area (Å²) in [5, 5.41) is 2.65. The first-order chi connectivity index (χ1) is 26.8. The van der Waals surface area contributed by atoms with Gasteiger partial charge in [0.15, 0.2) is 0 Å². The van der Waals surface area contributed by atoms with Gasteiger partial charge >= 0.3 is 0 Å². The molecule has 0 spiro atoms. The predicted molar refractivity (Wildman–Crippen MR) is 230 cm³/mol. The number of rotatable bonds is 9. The lowest BCUT2D eigenvalue weighted by Gasteiger charge is -2.34. The topological polar surface area (TPSA) is 6.48 Å². The van der Waals surface area contributed by atoms with Crippen molar-refractivity contribution in [1.82, 2.24) is 0 Å². The number of hydrogen-bond donors (Lipinski definition) is 0. The molecule has 6 aromatic rings. The van der Waals surface area contributed by atoms with Crippen molar-refractivity contribution < 1.29 is 0 Å². The summed E-state index contributed by atoms with van der Waals surface area (Å²) in [6.45, 7) is 0. The lowest BCUT2D eigenvalue weighted by Crippen LogP contribution is -2.39. The van der Waals surface area contributed by atoms with Crippen LogP contribution in [-0.4, -0.2) is 6.04 Å². The molecule has 0 bridgehead atoms. The lowest BCUT2D eigenvalue weighted by molar-refractivity contribution is 0.799. The van der Waals surface area contributed by atoms with Crippen LogP contribution in [0.1, 0.15) is 37.7 Å². The van der Waals surface area contributed by atoms with Gasteiger partial charge < -0.3 is 9.80 Å². The highest BCUT2D eigenvalue weighted by atomic mass is 15.2. The molecule has 0 radical (unpaired) electrons. The van der Waals surface area contributed by atoms with Crippen LogP contribution in [0.25, 0.3) is 40.0 Å². The molecule has 0 aromatic heterocycles. The highest BCUT2D eigenvalue weighted by Gasteiger charge is 2.22. The molecule has 3 aliphatic carbocycles. The summed E-state index contributed by atoms with van der Waals surface area (Å²) in [5.74, 6) is 0. The first kappa shape index (κ1) is 33.5. The Morgan fingerprint density at radius 1 is 0.444 bits per heavy atom. The van der Waals surface area contributed by atoms with Gasteiger partial charge in [-0.3, -0.25) is 0 Å². The third-order valence-electron chi connectivity index (χ3n) is 10.9. The van der Waals surface area contributed by atoms with Gasteiger partial charge in [0, 0.05) is 28.5 Å². The zero-order chi connectivity index (χ0) is 36.1. The molecule has 9 rings (SSSR count). The zero-order valence-corrected chi connectivity index (χ0v) is 30.6. The highest BCUT2D eigenvalue weighted by molar-refractivity contribution is 5.78. The van der Waals surface area contributed by atoms with Crippen LogP contribution in [0.4, 0.5) is 17.1 Å². The summed E-state index contributed by atoms with van der Waals surface area (Å²) in [4.78, 5) is 4.96. The van der Waals surface area contributed by atoms with Crippen LogP contribution in [-0.2, 0) is 0 Å². The quantitative estimate of drug-likeness (QED) is 0.148. The summed E-state index contributed by atoms with van der Waals surface area (Å²) < 4.78 is 0. The Labute approximate surface area is 319 Å². The molecule has 0 saturated carbocycles. The number of hydrogen-bond acceptors (Lipinski definition) is 2. The average molecular weight is 697 g/mol. The second-order valence-corrected chi connectivity index (χ2v) is 14.3. The summed E-state index contributed by atoms with van der Waals surface area (Å²) in [6.07, 6.45) is 21.6. The number of nitrogens with zero attached hydrogens (tertiary/aromatic N) is 2. The maximum Gasteiger partial charge on any atom is 0.0565 e. The monoisotopic (exact) mass is 696 g/mol. The van der Waals surface area contributed by atoms with Gasteiger partial charge in [0.05, 0.1) is 6.04 Å². The molecule has 0 N–H and O–H groups in total. The molecule has 3 aliphatic rings. The van der Waals surface area contributed by atoms with Crippen LogP contribution in [0.3, 0.4) is 0 Å². The predicted octanol–water partition coefficient (Wildman–Crippen LogP) is 12.0. The van der Waals surface area contributed by atoms with Gasteiger partial charge in [-0.05, 0) is 124 Å². The van der Waals surface area contributed by atoms with Crippen LogP contribution in [0.15, 0.2) is 199 Å². The van der Waals surface area contributed by atoms with Gasteiger partial charge in [0.1, 0.15) is 0 Å². The molecular weight excluding hydrogens is 653 g/mol. The molecule has 262 valence electrons. The third kappa shape index (κ3) is 7.04. The molecule has 2 nitrogen and oxygen atoms in total. The maximum atomic E-state index is 2.53. The summed E-state index contributed by atoms with van der Waals surface area (Å²) in [5.41, 5.74) is 13.7. The van der Waals surface area contributed by atoms with E-state index < -0.39 is 0 Å². The number of anilines is 3. The zero-order valence-electron chi connectivity index (χ0n) is 30.6. The average Bonchev–Trinajstić information content (AvgIpc) is 3.26. The van der Waals surface area contributed by atoms with Crippen molar-refractivity contribution in [2.45, 2.75) is 38.1 Å². The number of allylic oxidation sites excluding steroid dienone is 7. The van der Waals surface area contributed by atoms with Crippen molar-refractivity contribution in [3.8, 4) is 22.3 Å². The molecular formula is C52H44N2. The van der Waals surface area contributed by atoms with E-state index in [1.165, 1.54) is 72.3 Å². The fraction of sp³-hybridized carbons (Fsp3) is 0.115. The van der Waals surface area contributed by atoms with Gasteiger partial charge in [-0.2, -0.15) is 0 Å². The van der Waals surface area contributed by atoms with Crippen LogP contribution < -0.4 is 20.2 Å². The Bertz CT molecular complexity index is 2400. The SMILES string of the molecule is C1=CC(N(c2ccc(C3=CC=C(N(c4ccc(-c5ccccc5)cc4)c4ccc(-c5ccccc5)cc4)CC3)cc2)C2C=c3ccccc3=CC2)=CCC1. The van der Waals surface area contributed by atoms with Gasteiger partial charge in [0.25, 0.3) is 0 Å². The Balaban J connectivity index is 1.02. The minimum atomic E-state index is 0.272. The van der Waals surface area contributed by atoms with Gasteiger partial charge in [-0.1, -0.05) is 152 Å². The first-order valence-corrected chi connectivity index (χ1v) is 19.3. The summed E-state index contributed by atoms with van der Waals surface area (Å²) in [7, 11) is 0. The highest BCUT2D eigenvalue weighted by Crippen LogP contribution is 2.38. The molecule has 0 heterocycles. The molecule has 1 atom stereocenters. The van der Waals surface area contributed by atoms with E-state index in [1.807, 2.05) is 0 Å². The fourth-order valence-corrected chi connectivity index (χ4v) is 8.10. The minimum Gasteiger partial charge on any atom is -0.334 e. The van der Waals surface area contributed by atoms with Crippen molar-refractivity contribution in [1.29, 1.82) is 0 Å². The summed E-state index contributed by atoms with van der Waals surface area (Å²) in [6, 6.07) is 57.5. The molecule has 0 saturated heterocycles. The molecule has 2 heteroatoms. The Kier molecular flexibility index (Phi) is 9.48. The van der Waals surface area contributed by atoms with Crippen molar-refractivity contribution in [2.75, 3.05) is 9.80 Å². The normalized spacial score (nSPS) is 16.1. The molecule has 0 amide bonds. The molecule has 54 heavy (non-hydrogen) atoms. The van der Waals surface area contributed by atoms with Crippen molar-refractivity contribution in [3.05, 3.63) is 216 Å². The molecule has 0 aliphatic heterocycles. The van der Waals surface area contributed by atoms with E-state index in [-0.39, 0.29) is 6.04 Å². The van der Waals surface area contributed by atoms with Crippen LogP contribution in [0.2, 0.25) is 0 Å². The summed E-state index contributed by atoms with van der Waals surface area (Å²) >= 11 is 0. The van der Waals surface area contributed by atoms with E-state index in [0.717, 1.165) is 32.1 Å². The lowest BCUT2D eigenvalue weighted by atomic mass is 9.94. The number of fused-ring (bicyclic) bond motifs is 1. The van der Waals surface area contributed by atoms with E-state index >= 15 is 0 Å². The van der Waals surface area contributed by atoms with E-state index in [0.29, 0.717) is 0 Å². The van der Waals surface area contributed by atoms with Crippen LogP contribution >= 0.6 is 0 Å². The second kappa shape index (κ2) is 15.3. The van der Waals surface area contributed by atoms with Gasteiger partial charge in [-0.25, -0.2) is 0 Å². The minimum absolute atomic E-state index is 0.272. The second-order valence-electron chi connectivity index (χ2n) is 14.3. The van der Waals surface area contributed by atoms with E-state index in [9.17, 15) is 0 Å².